The number of nitrogens with zero attached hydrogens (tertiary/aromatic N) is 2. The van der Waals surface area contributed by atoms with Crippen LogP contribution >= 0.6 is 0 Å². The lowest BCUT2D eigenvalue weighted by molar-refractivity contribution is -0.137. The van der Waals surface area contributed by atoms with E-state index in [1.807, 2.05) is 0 Å². The van der Waals surface area contributed by atoms with Crippen LogP contribution in [-0.2, 0) is 12.7 Å². The molecule has 0 unspecified atom stereocenters. The molecule has 1 amide bonds. The van der Waals surface area contributed by atoms with E-state index in [1.54, 1.807) is 31.2 Å². The van der Waals surface area contributed by atoms with Gasteiger partial charge in [-0.25, -0.2) is 4.98 Å². The van der Waals surface area contributed by atoms with Gasteiger partial charge in [0.2, 0.25) is 5.95 Å². The minimum absolute atomic E-state index is 0.0847. The highest BCUT2D eigenvalue weighted by Crippen LogP contribution is 2.29. The predicted molar refractivity (Wildman–Crippen MR) is 94.2 cm³/mol. The Balaban J connectivity index is 1.87. The van der Waals surface area contributed by atoms with E-state index in [-0.39, 0.29) is 17.1 Å². The number of para-hydroxylation sites is 1. The Bertz CT molecular complexity index is 1060. The van der Waals surface area contributed by atoms with Crippen molar-refractivity contribution in [1.82, 2.24) is 15.0 Å². The van der Waals surface area contributed by atoms with Crippen molar-refractivity contribution in [2.75, 3.05) is 5.43 Å². The van der Waals surface area contributed by atoms with Crippen LogP contribution in [0.3, 0.4) is 0 Å². The number of aromatic nitrogens is 2. The molecule has 0 saturated carbocycles. The van der Waals surface area contributed by atoms with Crippen molar-refractivity contribution in [2.24, 2.45) is 0 Å². The van der Waals surface area contributed by atoms with Gasteiger partial charge in [-0.05, 0) is 37.3 Å². The number of hydrogen-bond acceptors (Lipinski definition) is 4. The maximum atomic E-state index is 12.8. The summed E-state index contributed by atoms with van der Waals surface area (Å²) < 4.78 is 39.6. The van der Waals surface area contributed by atoms with E-state index in [0.29, 0.717) is 17.4 Å². The second-order valence-corrected chi connectivity index (χ2v) is 5.66. The highest BCUT2D eigenvalue weighted by molar-refractivity contribution is 5.95. The van der Waals surface area contributed by atoms with Gasteiger partial charge in [0.05, 0.1) is 16.5 Å². The number of anilines is 1. The first-order valence-corrected chi connectivity index (χ1v) is 8.04. The number of rotatable bonds is 4. The van der Waals surface area contributed by atoms with Gasteiger partial charge in [-0.15, -0.1) is 0 Å². The molecule has 0 aliphatic heterocycles. The van der Waals surface area contributed by atoms with Crippen LogP contribution in [0.15, 0.2) is 53.3 Å². The van der Waals surface area contributed by atoms with Gasteiger partial charge in [0, 0.05) is 12.1 Å². The number of carbonyl (C=O) groups excluding carboxylic acids is 1. The van der Waals surface area contributed by atoms with Gasteiger partial charge in [-0.3, -0.25) is 25.0 Å². The Morgan fingerprint density at radius 1 is 1.15 bits per heavy atom. The molecule has 3 rings (SSSR count). The fraction of sp³-hybridized carbons (Fsp3) is 0.167. The number of halogens is 3. The number of nitrogens with one attached hydrogen (secondary N) is 2. The smallest absolute Gasteiger partial charge is 0.277 e. The van der Waals surface area contributed by atoms with Gasteiger partial charge >= 0.3 is 6.18 Å². The fourth-order valence-corrected chi connectivity index (χ4v) is 2.58. The first kappa shape index (κ1) is 18.4. The topological polar surface area (TPSA) is 76.0 Å². The van der Waals surface area contributed by atoms with Gasteiger partial charge < -0.3 is 0 Å². The molecule has 9 heteroatoms. The maximum Gasteiger partial charge on any atom is 0.416 e. The van der Waals surface area contributed by atoms with Crippen LogP contribution in [-0.4, -0.2) is 15.5 Å². The zero-order chi connectivity index (χ0) is 19.6. The molecule has 0 aliphatic rings. The van der Waals surface area contributed by atoms with Gasteiger partial charge in [0.25, 0.3) is 11.5 Å². The third kappa shape index (κ3) is 3.76. The molecular weight excluding hydrogens is 361 g/mol. The summed E-state index contributed by atoms with van der Waals surface area (Å²) in [5.41, 5.74) is 3.84. The third-order valence-electron chi connectivity index (χ3n) is 3.92. The average molecular weight is 376 g/mol. The van der Waals surface area contributed by atoms with Crippen molar-refractivity contribution in [1.29, 1.82) is 0 Å². The Kier molecular flexibility index (Phi) is 4.85. The highest BCUT2D eigenvalue weighted by Gasteiger charge is 2.30. The number of benzene rings is 2. The van der Waals surface area contributed by atoms with Crippen LogP contribution < -0.4 is 16.4 Å². The summed E-state index contributed by atoms with van der Waals surface area (Å²) in [6, 6.07) is 10.8. The molecule has 2 aromatic carbocycles. The van der Waals surface area contributed by atoms with Crippen molar-refractivity contribution < 1.29 is 18.0 Å². The highest BCUT2D eigenvalue weighted by atomic mass is 19.4. The molecule has 2 N–H and O–H groups in total. The Hall–Kier alpha value is -3.36. The number of hydrazine groups is 1. The Morgan fingerprint density at radius 3 is 2.59 bits per heavy atom. The Labute approximate surface area is 151 Å². The number of alkyl halides is 3. The van der Waals surface area contributed by atoms with E-state index < -0.39 is 17.6 Å². The van der Waals surface area contributed by atoms with Gasteiger partial charge in [-0.1, -0.05) is 18.2 Å². The van der Waals surface area contributed by atoms with Crippen LogP contribution in [0.1, 0.15) is 22.8 Å². The predicted octanol–water partition coefficient (Wildman–Crippen LogP) is 3.19. The molecule has 1 aromatic heterocycles. The number of hydrogen-bond donors (Lipinski definition) is 2. The zero-order valence-corrected chi connectivity index (χ0v) is 14.2. The standard InChI is InChI=1S/C18H15F3N4O2/c1-2-25-16(27)13-8-3-4-9-14(13)22-17(25)24-23-15(26)11-6-5-7-12(10-11)18(19,20)21/h3-10H,2H2,1H3,(H,22,24)(H,23,26). The lowest BCUT2D eigenvalue weighted by atomic mass is 10.1. The lowest BCUT2D eigenvalue weighted by Crippen LogP contribution is -2.34. The van der Waals surface area contributed by atoms with Gasteiger partial charge in [0.1, 0.15) is 0 Å². The molecule has 140 valence electrons. The van der Waals surface area contributed by atoms with Crippen LogP contribution in [0, 0.1) is 0 Å². The first-order valence-electron chi connectivity index (χ1n) is 8.04. The van der Waals surface area contributed by atoms with Gasteiger partial charge in [0.15, 0.2) is 0 Å². The van der Waals surface area contributed by atoms with Gasteiger partial charge in [-0.2, -0.15) is 13.2 Å². The van der Waals surface area contributed by atoms with E-state index in [2.05, 4.69) is 15.8 Å². The summed E-state index contributed by atoms with van der Waals surface area (Å²) in [6.45, 7) is 2.02. The minimum Gasteiger partial charge on any atom is -0.277 e. The van der Waals surface area contributed by atoms with E-state index in [0.717, 1.165) is 18.2 Å². The van der Waals surface area contributed by atoms with Crippen LogP contribution in [0.2, 0.25) is 0 Å². The SMILES string of the molecule is CCn1c(NNC(=O)c2cccc(C(F)(F)F)c2)nc2ccccc2c1=O. The molecule has 0 radical (unpaired) electrons. The summed E-state index contributed by atoms with van der Waals surface area (Å²) in [4.78, 5) is 29.0. The lowest BCUT2D eigenvalue weighted by Gasteiger charge is -2.14. The number of fused-ring (bicyclic) bond motifs is 1. The van der Waals surface area contributed by atoms with E-state index in [9.17, 15) is 22.8 Å². The molecule has 1 heterocycles. The van der Waals surface area contributed by atoms with Crippen molar-refractivity contribution in [2.45, 2.75) is 19.6 Å². The summed E-state index contributed by atoms with van der Waals surface area (Å²) in [5.74, 6) is -0.701. The summed E-state index contributed by atoms with van der Waals surface area (Å²) in [5, 5.41) is 0.425. The number of amides is 1. The molecule has 0 atom stereocenters. The third-order valence-corrected chi connectivity index (χ3v) is 3.92. The van der Waals surface area contributed by atoms with Crippen LogP contribution in [0.25, 0.3) is 10.9 Å². The monoisotopic (exact) mass is 376 g/mol. The molecule has 0 aliphatic carbocycles. The summed E-state index contributed by atoms with van der Waals surface area (Å²) in [7, 11) is 0. The van der Waals surface area contributed by atoms with E-state index >= 15 is 0 Å². The molecule has 0 spiro atoms. The zero-order valence-electron chi connectivity index (χ0n) is 14.2. The van der Waals surface area contributed by atoms with E-state index in [4.69, 9.17) is 0 Å². The van der Waals surface area contributed by atoms with Crippen molar-refractivity contribution in [3.8, 4) is 0 Å². The fourth-order valence-electron chi connectivity index (χ4n) is 2.58. The molecule has 27 heavy (non-hydrogen) atoms. The second-order valence-electron chi connectivity index (χ2n) is 5.66. The average Bonchev–Trinajstić information content (AvgIpc) is 2.65. The maximum absolute atomic E-state index is 12.8. The second kappa shape index (κ2) is 7.10. The molecule has 0 bridgehead atoms. The molecule has 0 fully saturated rings. The largest absolute Gasteiger partial charge is 0.416 e. The van der Waals surface area contributed by atoms with Crippen molar-refractivity contribution in [3.05, 3.63) is 70.0 Å². The number of carbonyl (C=O) groups is 1. The Morgan fingerprint density at radius 2 is 1.89 bits per heavy atom. The van der Waals surface area contributed by atoms with Crippen LogP contribution in [0.5, 0.6) is 0 Å². The summed E-state index contributed by atoms with van der Waals surface area (Å²) in [6.07, 6.45) is -4.55. The van der Waals surface area contributed by atoms with Crippen molar-refractivity contribution in [3.63, 3.8) is 0 Å². The minimum atomic E-state index is -4.55. The molecular formula is C18H15F3N4O2. The van der Waals surface area contributed by atoms with Crippen LogP contribution in [0.4, 0.5) is 19.1 Å². The first-order chi connectivity index (χ1) is 12.8. The molecule has 6 nitrogen and oxygen atoms in total. The molecule has 3 aromatic rings. The molecule has 0 saturated heterocycles. The van der Waals surface area contributed by atoms with Crippen molar-refractivity contribution >= 4 is 22.8 Å². The normalized spacial score (nSPS) is 11.4. The van der Waals surface area contributed by atoms with E-state index in [1.165, 1.54) is 10.6 Å². The quantitative estimate of drug-likeness (QED) is 0.686. The summed E-state index contributed by atoms with van der Waals surface area (Å²) >= 11 is 0.